The summed E-state index contributed by atoms with van der Waals surface area (Å²) in [6.45, 7) is 3.47. The van der Waals surface area contributed by atoms with Crippen LogP contribution < -0.4 is 0 Å². The van der Waals surface area contributed by atoms with E-state index in [1.54, 1.807) is 12.4 Å². The van der Waals surface area contributed by atoms with E-state index in [2.05, 4.69) is 11.6 Å². The van der Waals surface area contributed by atoms with Gasteiger partial charge < -0.3 is 4.57 Å². The second-order valence-electron chi connectivity index (χ2n) is 1.12. The van der Waals surface area contributed by atoms with Crippen molar-refractivity contribution < 1.29 is 1.37 Å². The number of hydrogen-bond donors (Lipinski definition) is 0. The molecular weight excluding hydrogens is 88.1 g/mol. The summed E-state index contributed by atoms with van der Waals surface area (Å²) in [5.41, 5.74) is 0. The quantitative estimate of drug-likeness (QED) is 0.508. The average molecular weight is 95.1 g/mol. The van der Waals surface area contributed by atoms with Crippen LogP contribution in [0.1, 0.15) is 1.37 Å². The Bertz CT molecular complexity index is 192. The smallest absolute Gasteiger partial charge is 0.105 e. The third-order valence-corrected chi connectivity index (χ3v) is 0.672. The maximum atomic E-state index is 7.03. The fourth-order valence-electron chi connectivity index (χ4n) is 0.340. The molecule has 2 nitrogen and oxygen atoms in total. The van der Waals surface area contributed by atoms with Gasteiger partial charge in [-0.25, -0.2) is 4.98 Å². The van der Waals surface area contributed by atoms with Gasteiger partial charge in [0.05, 0.1) is 6.30 Å². The Hall–Kier alpha value is -1.05. The van der Waals surface area contributed by atoms with Gasteiger partial charge in [-0.05, 0) is 0 Å². The van der Waals surface area contributed by atoms with Gasteiger partial charge in [-0.15, -0.1) is 0 Å². The van der Waals surface area contributed by atoms with Crippen molar-refractivity contribution in [3.63, 3.8) is 0 Å². The van der Waals surface area contributed by atoms with Gasteiger partial charge in [-0.3, -0.25) is 0 Å². The van der Waals surface area contributed by atoms with Crippen molar-refractivity contribution in [1.29, 1.82) is 0 Å². The van der Waals surface area contributed by atoms with Crippen molar-refractivity contribution in [2.75, 3.05) is 0 Å². The summed E-state index contributed by atoms with van der Waals surface area (Å²) in [6, 6.07) is 0. The molecule has 0 amide bonds. The number of aromatic nitrogens is 2. The van der Waals surface area contributed by atoms with E-state index in [9.17, 15) is 0 Å². The van der Waals surface area contributed by atoms with Gasteiger partial charge in [0.15, 0.2) is 0 Å². The van der Waals surface area contributed by atoms with E-state index >= 15 is 0 Å². The highest BCUT2D eigenvalue weighted by molar-refractivity contribution is 5.14. The van der Waals surface area contributed by atoms with Gasteiger partial charge in [-0.1, -0.05) is 6.58 Å². The summed E-state index contributed by atoms with van der Waals surface area (Å²) in [5.74, 6) is 0. The first-order chi connectivity index (χ1) is 3.84. The summed E-state index contributed by atoms with van der Waals surface area (Å²) >= 11 is 0. The molecule has 1 aromatic rings. The SMILES string of the molecule is [2H]c1nccn1C=C. The molecule has 1 rings (SSSR count). The van der Waals surface area contributed by atoms with Crippen molar-refractivity contribution >= 4 is 6.20 Å². The van der Waals surface area contributed by atoms with Gasteiger partial charge in [-0.2, -0.15) is 0 Å². The number of nitrogens with zero attached hydrogens (tertiary/aromatic N) is 2. The minimum atomic E-state index is 0.222. The molecule has 36 valence electrons. The molecule has 0 atom stereocenters. The van der Waals surface area contributed by atoms with Gasteiger partial charge in [0.2, 0.25) is 0 Å². The van der Waals surface area contributed by atoms with Gasteiger partial charge in [0.25, 0.3) is 0 Å². The van der Waals surface area contributed by atoms with Crippen LogP contribution in [0.25, 0.3) is 6.20 Å². The fourth-order valence-corrected chi connectivity index (χ4v) is 0.340. The second kappa shape index (κ2) is 1.60. The van der Waals surface area contributed by atoms with Crippen LogP contribution in [0.3, 0.4) is 0 Å². The molecule has 0 radical (unpaired) electrons. The highest BCUT2D eigenvalue weighted by atomic mass is 15.0. The summed E-state index contributed by atoms with van der Waals surface area (Å²) in [4.78, 5) is 3.65. The molecule has 0 aliphatic heterocycles. The molecule has 0 aromatic carbocycles. The van der Waals surface area contributed by atoms with E-state index < -0.39 is 0 Å². The summed E-state index contributed by atoms with van der Waals surface area (Å²) < 4.78 is 8.56. The summed E-state index contributed by atoms with van der Waals surface area (Å²) in [6.07, 6.45) is 4.99. The van der Waals surface area contributed by atoms with Crippen LogP contribution >= 0.6 is 0 Å². The zero-order valence-corrected chi connectivity index (χ0v) is 3.83. The lowest BCUT2D eigenvalue weighted by atomic mass is 10.9. The Labute approximate surface area is 43.5 Å². The monoisotopic (exact) mass is 95.1 g/mol. The molecule has 0 unspecified atom stereocenters. The third-order valence-electron chi connectivity index (χ3n) is 0.672. The van der Waals surface area contributed by atoms with E-state index in [-0.39, 0.29) is 6.30 Å². The molecule has 2 heteroatoms. The minimum absolute atomic E-state index is 0.222. The van der Waals surface area contributed by atoms with Gasteiger partial charge in [0.1, 0.15) is 1.37 Å². The first-order valence-corrected chi connectivity index (χ1v) is 1.96. The fraction of sp³-hybridized carbons (Fsp3) is 0. The van der Waals surface area contributed by atoms with Crippen molar-refractivity contribution in [3.8, 4) is 0 Å². The maximum Gasteiger partial charge on any atom is 0.105 e. The van der Waals surface area contributed by atoms with Crippen molar-refractivity contribution in [2.45, 2.75) is 0 Å². The molecule has 0 aliphatic carbocycles. The molecule has 7 heavy (non-hydrogen) atoms. The van der Waals surface area contributed by atoms with Crippen molar-refractivity contribution in [3.05, 3.63) is 25.3 Å². The summed E-state index contributed by atoms with van der Waals surface area (Å²) in [5, 5.41) is 0. The lowest BCUT2D eigenvalue weighted by molar-refractivity contribution is 1.14. The predicted octanol–water partition coefficient (Wildman–Crippen LogP) is 0.984. The summed E-state index contributed by atoms with van der Waals surface area (Å²) in [7, 11) is 0. The van der Waals surface area contributed by atoms with Crippen LogP contribution in [0.15, 0.2) is 25.3 Å². The van der Waals surface area contributed by atoms with Crippen LogP contribution in [0.4, 0.5) is 0 Å². The Morgan fingerprint density at radius 2 is 2.86 bits per heavy atom. The Morgan fingerprint density at radius 1 is 2.00 bits per heavy atom. The highest BCUT2D eigenvalue weighted by Crippen LogP contribution is 1.81. The third kappa shape index (κ3) is 0.682. The number of hydrogen-bond acceptors (Lipinski definition) is 1. The molecular formula is C5H6N2. The molecule has 0 fully saturated rings. The Kier molecular flexibility index (Phi) is 0.689. The zero-order chi connectivity index (χ0) is 5.98. The molecule has 1 aromatic heterocycles. The standard InChI is InChI=1S/C5H6N2/c1-2-7-4-3-6-5-7/h2-5H,1H2/i5D. The number of imidazole rings is 1. The minimum Gasteiger partial charge on any atom is -0.314 e. The van der Waals surface area contributed by atoms with Crippen LogP contribution in [0.5, 0.6) is 0 Å². The Balaban J connectivity index is 3.09. The molecule has 0 saturated carbocycles. The van der Waals surface area contributed by atoms with Crippen LogP contribution in [0, 0.1) is 0 Å². The first kappa shape index (κ1) is 3.02. The average Bonchev–Trinajstić information content (AvgIpc) is 2.14. The zero-order valence-electron chi connectivity index (χ0n) is 4.83. The van der Waals surface area contributed by atoms with Gasteiger partial charge in [0, 0.05) is 18.6 Å². The van der Waals surface area contributed by atoms with Crippen molar-refractivity contribution in [2.24, 2.45) is 0 Å². The van der Waals surface area contributed by atoms with Crippen LogP contribution in [-0.2, 0) is 0 Å². The molecule has 0 spiro atoms. The maximum absolute atomic E-state index is 7.03. The van der Waals surface area contributed by atoms with Crippen LogP contribution in [0.2, 0.25) is 0 Å². The lowest BCUT2D eigenvalue weighted by Gasteiger charge is -1.80. The molecule has 1 heterocycles. The predicted molar refractivity (Wildman–Crippen MR) is 28.6 cm³/mol. The van der Waals surface area contributed by atoms with E-state index in [1.165, 1.54) is 10.8 Å². The molecule has 0 N–H and O–H groups in total. The normalized spacial score (nSPS) is 10.6. The van der Waals surface area contributed by atoms with E-state index in [0.717, 1.165) is 0 Å². The molecule has 0 bridgehead atoms. The largest absolute Gasteiger partial charge is 0.314 e. The van der Waals surface area contributed by atoms with E-state index in [1.807, 2.05) is 0 Å². The second-order valence-corrected chi connectivity index (χ2v) is 1.12. The van der Waals surface area contributed by atoms with E-state index in [4.69, 9.17) is 1.37 Å². The van der Waals surface area contributed by atoms with E-state index in [0.29, 0.717) is 0 Å². The first-order valence-electron chi connectivity index (χ1n) is 2.46. The lowest BCUT2D eigenvalue weighted by Crippen LogP contribution is -1.73. The van der Waals surface area contributed by atoms with Gasteiger partial charge >= 0.3 is 0 Å². The number of rotatable bonds is 1. The van der Waals surface area contributed by atoms with Crippen molar-refractivity contribution in [1.82, 2.24) is 9.55 Å². The molecule has 0 aliphatic rings. The highest BCUT2D eigenvalue weighted by Gasteiger charge is 1.73. The Morgan fingerprint density at radius 3 is 3.14 bits per heavy atom. The molecule has 0 saturated heterocycles. The topological polar surface area (TPSA) is 17.8 Å². The van der Waals surface area contributed by atoms with Crippen LogP contribution in [-0.4, -0.2) is 9.55 Å².